The Bertz CT molecular complexity index is 1390. The first-order valence-electron chi connectivity index (χ1n) is 9.92. The molecule has 4 rings (SSSR count). The molecule has 32 heavy (non-hydrogen) atoms. The second-order valence-electron chi connectivity index (χ2n) is 7.39. The first-order chi connectivity index (χ1) is 15.4. The number of ketones is 1. The SMILES string of the molecule is Cc1ccc2c(=O)c(Cc3ccc(C(=O)CBr)cc3)c(C(=O)O)n(-c3ccccc3)c2n1. The van der Waals surface area contributed by atoms with Gasteiger partial charge in [0.2, 0.25) is 0 Å². The van der Waals surface area contributed by atoms with Crippen LogP contribution in [-0.4, -0.2) is 31.7 Å². The molecule has 0 saturated carbocycles. The van der Waals surface area contributed by atoms with E-state index in [1.165, 1.54) is 4.57 Å². The zero-order valence-electron chi connectivity index (χ0n) is 17.2. The summed E-state index contributed by atoms with van der Waals surface area (Å²) < 4.78 is 1.53. The number of rotatable bonds is 6. The van der Waals surface area contributed by atoms with Crippen molar-refractivity contribution < 1.29 is 14.7 Å². The van der Waals surface area contributed by atoms with Crippen LogP contribution in [0.25, 0.3) is 16.7 Å². The van der Waals surface area contributed by atoms with Gasteiger partial charge < -0.3 is 5.11 Å². The van der Waals surface area contributed by atoms with Gasteiger partial charge in [0.1, 0.15) is 11.3 Å². The molecule has 1 N–H and O–H groups in total. The lowest BCUT2D eigenvalue weighted by Crippen LogP contribution is -2.24. The number of carbonyl (C=O) groups excluding carboxylic acids is 1. The van der Waals surface area contributed by atoms with Crippen molar-refractivity contribution in [2.24, 2.45) is 0 Å². The molecular formula is C25H19BrN2O4. The summed E-state index contributed by atoms with van der Waals surface area (Å²) in [5.74, 6) is -1.27. The van der Waals surface area contributed by atoms with Crippen molar-refractivity contribution in [1.82, 2.24) is 9.55 Å². The van der Waals surface area contributed by atoms with Gasteiger partial charge in [0.15, 0.2) is 11.2 Å². The molecule has 7 heteroatoms. The Morgan fingerprint density at radius 2 is 1.69 bits per heavy atom. The fourth-order valence-corrected chi connectivity index (χ4v) is 4.03. The van der Waals surface area contributed by atoms with Crippen LogP contribution in [0, 0.1) is 6.92 Å². The summed E-state index contributed by atoms with van der Waals surface area (Å²) in [6.07, 6.45) is 0.111. The fraction of sp³-hybridized carbons (Fsp3) is 0.120. The number of halogens is 1. The number of hydrogen-bond donors (Lipinski definition) is 1. The van der Waals surface area contributed by atoms with Gasteiger partial charge in [-0.25, -0.2) is 9.78 Å². The van der Waals surface area contributed by atoms with Crippen molar-refractivity contribution in [3.63, 3.8) is 0 Å². The first kappa shape index (κ1) is 21.6. The van der Waals surface area contributed by atoms with E-state index in [9.17, 15) is 19.5 Å². The molecule has 160 valence electrons. The summed E-state index contributed by atoms with van der Waals surface area (Å²) in [6, 6.07) is 19.3. The minimum absolute atomic E-state index is 0.0543. The molecule has 0 saturated heterocycles. The zero-order valence-corrected chi connectivity index (χ0v) is 18.8. The summed E-state index contributed by atoms with van der Waals surface area (Å²) in [6.45, 7) is 1.80. The lowest BCUT2D eigenvalue weighted by molar-refractivity contribution is 0.0686. The number of aryl methyl sites for hydroxylation is 1. The Hall–Kier alpha value is -3.58. The maximum absolute atomic E-state index is 13.4. The Labute approximate surface area is 192 Å². The van der Waals surface area contributed by atoms with Crippen LogP contribution in [0.3, 0.4) is 0 Å². The molecule has 4 aromatic rings. The minimum Gasteiger partial charge on any atom is -0.477 e. The van der Waals surface area contributed by atoms with Crippen LogP contribution in [0.5, 0.6) is 0 Å². The highest BCUT2D eigenvalue weighted by Crippen LogP contribution is 2.23. The number of aromatic carboxylic acids is 1. The number of carboxylic acids is 1. The minimum atomic E-state index is -1.21. The molecule has 6 nitrogen and oxygen atoms in total. The number of fused-ring (bicyclic) bond motifs is 1. The van der Waals surface area contributed by atoms with Crippen LogP contribution < -0.4 is 5.43 Å². The number of Topliss-reactive ketones (excluding diaryl/α,β-unsaturated/α-hetero) is 1. The number of hydrogen-bond acceptors (Lipinski definition) is 4. The van der Waals surface area contributed by atoms with Gasteiger partial charge in [-0.3, -0.25) is 14.2 Å². The lowest BCUT2D eigenvalue weighted by atomic mass is 9.99. The van der Waals surface area contributed by atoms with Crippen LogP contribution in [-0.2, 0) is 6.42 Å². The zero-order chi connectivity index (χ0) is 22.8. The molecule has 0 aliphatic heterocycles. The molecule has 0 bridgehead atoms. The number of carbonyl (C=O) groups is 2. The van der Waals surface area contributed by atoms with E-state index in [1.54, 1.807) is 67.6 Å². The largest absolute Gasteiger partial charge is 0.477 e. The van der Waals surface area contributed by atoms with Crippen LogP contribution in [0.4, 0.5) is 0 Å². The van der Waals surface area contributed by atoms with E-state index in [-0.39, 0.29) is 34.2 Å². The predicted molar refractivity (Wildman–Crippen MR) is 126 cm³/mol. The maximum Gasteiger partial charge on any atom is 0.353 e. The summed E-state index contributed by atoms with van der Waals surface area (Å²) in [5.41, 5.74) is 2.55. The lowest BCUT2D eigenvalue weighted by Gasteiger charge is -2.18. The van der Waals surface area contributed by atoms with Crippen LogP contribution in [0.15, 0.2) is 71.5 Å². The van der Waals surface area contributed by atoms with Gasteiger partial charge in [-0.15, -0.1) is 0 Å². The highest BCUT2D eigenvalue weighted by Gasteiger charge is 2.24. The quantitative estimate of drug-likeness (QED) is 0.316. The second-order valence-corrected chi connectivity index (χ2v) is 7.95. The molecular weight excluding hydrogens is 472 g/mol. The number of alkyl halides is 1. The van der Waals surface area contributed by atoms with Gasteiger partial charge in [-0.1, -0.05) is 58.4 Å². The Morgan fingerprint density at radius 3 is 2.31 bits per heavy atom. The Morgan fingerprint density at radius 1 is 1.00 bits per heavy atom. The molecule has 2 aromatic carbocycles. The van der Waals surface area contributed by atoms with Gasteiger partial charge in [0, 0.05) is 28.9 Å². The van der Waals surface area contributed by atoms with E-state index in [0.717, 1.165) is 5.56 Å². The number of para-hydroxylation sites is 1. The smallest absolute Gasteiger partial charge is 0.353 e. The van der Waals surface area contributed by atoms with Crippen molar-refractivity contribution in [3.8, 4) is 5.69 Å². The van der Waals surface area contributed by atoms with E-state index in [2.05, 4.69) is 20.9 Å². The van der Waals surface area contributed by atoms with E-state index < -0.39 is 5.97 Å². The molecule has 0 spiro atoms. The number of carboxylic acid groups (broad SMARTS) is 1. The Balaban J connectivity index is 1.98. The number of pyridine rings is 2. The molecule has 2 aromatic heterocycles. The predicted octanol–water partition coefficient (Wildman–Crippen LogP) is 4.56. The summed E-state index contributed by atoms with van der Waals surface area (Å²) in [7, 11) is 0. The average molecular weight is 491 g/mol. The van der Waals surface area contributed by atoms with Crippen LogP contribution in [0.2, 0.25) is 0 Å². The maximum atomic E-state index is 13.4. The molecule has 0 aliphatic carbocycles. The number of benzene rings is 2. The molecule has 0 atom stereocenters. The molecule has 0 fully saturated rings. The molecule has 0 radical (unpaired) electrons. The highest BCUT2D eigenvalue weighted by atomic mass is 79.9. The van der Waals surface area contributed by atoms with E-state index in [4.69, 9.17) is 0 Å². The second kappa shape index (κ2) is 8.88. The van der Waals surface area contributed by atoms with Crippen molar-refractivity contribution in [1.29, 1.82) is 0 Å². The van der Waals surface area contributed by atoms with Gasteiger partial charge in [0.05, 0.1) is 10.7 Å². The van der Waals surface area contributed by atoms with Crippen molar-refractivity contribution in [3.05, 3.63) is 105 Å². The summed E-state index contributed by atoms with van der Waals surface area (Å²) >= 11 is 3.15. The normalized spacial score (nSPS) is 10.9. The standard InChI is InChI=1S/C25H19BrN2O4/c1-15-7-12-19-23(30)20(13-16-8-10-17(11-9-16)21(29)14-26)22(25(31)32)28(24(19)27-15)18-5-3-2-4-6-18/h2-12H,13-14H2,1H3,(H,31,32). The number of aromatic nitrogens is 2. The van der Waals surface area contributed by atoms with E-state index in [0.29, 0.717) is 28.0 Å². The average Bonchev–Trinajstić information content (AvgIpc) is 2.80. The molecule has 0 amide bonds. The van der Waals surface area contributed by atoms with Crippen molar-refractivity contribution in [2.75, 3.05) is 5.33 Å². The molecule has 0 unspecified atom stereocenters. The molecule has 0 aliphatic rings. The van der Waals surface area contributed by atoms with Crippen LogP contribution in [0.1, 0.15) is 37.7 Å². The van der Waals surface area contributed by atoms with E-state index >= 15 is 0 Å². The highest BCUT2D eigenvalue weighted by molar-refractivity contribution is 9.09. The van der Waals surface area contributed by atoms with Crippen LogP contribution >= 0.6 is 15.9 Å². The third-order valence-electron chi connectivity index (χ3n) is 5.25. The van der Waals surface area contributed by atoms with Gasteiger partial charge in [-0.05, 0) is 36.8 Å². The fourth-order valence-electron chi connectivity index (χ4n) is 3.71. The third kappa shape index (κ3) is 3.99. The number of nitrogens with zero attached hydrogens (tertiary/aromatic N) is 2. The van der Waals surface area contributed by atoms with Crippen molar-refractivity contribution in [2.45, 2.75) is 13.3 Å². The van der Waals surface area contributed by atoms with E-state index in [1.807, 2.05) is 6.07 Å². The van der Waals surface area contributed by atoms with Gasteiger partial charge in [-0.2, -0.15) is 0 Å². The molecule has 2 heterocycles. The van der Waals surface area contributed by atoms with Crippen molar-refractivity contribution >= 4 is 38.7 Å². The Kier molecular flexibility index (Phi) is 6.01. The van der Waals surface area contributed by atoms with Gasteiger partial charge in [0.25, 0.3) is 0 Å². The third-order valence-corrected chi connectivity index (χ3v) is 5.76. The first-order valence-corrected chi connectivity index (χ1v) is 11.0. The topological polar surface area (TPSA) is 89.3 Å². The monoisotopic (exact) mass is 490 g/mol. The summed E-state index contributed by atoms with van der Waals surface area (Å²) in [4.78, 5) is 42.2. The van der Waals surface area contributed by atoms with Gasteiger partial charge >= 0.3 is 5.97 Å². The summed E-state index contributed by atoms with van der Waals surface area (Å²) in [5, 5.41) is 10.7.